The van der Waals surface area contributed by atoms with E-state index in [9.17, 15) is 30.0 Å². The topological polar surface area (TPSA) is 136 Å². The number of methoxy groups -OCH3 is 1. The maximum Gasteiger partial charge on any atom is 0.160 e. The fourth-order valence-electron chi connectivity index (χ4n) is 9.68. The monoisotopic (exact) mass is 707 g/mol. The molecule has 0 radical (unpaired) electrons. The van der Waals surface area contributed by atoms with Crippen LogP contribution < -0.4 is 10.1 Å². The number of Topliss-reactive ketones (excluding diaryl/α,β-unsaturated/α-hetero) is 2. The Hall–Kier alpha value is -3.90. The Bertz CT molecular complexity index is 1860. The van der Waals surface area contributed by atoms with Crippen LogP contribution >= 0.6 is 0 Å². The van der Waals surface area contributed by atoms with Gasteiger partial charge < -0.3 is 30.5 Å². The van der Waals surface area contributed by atoms with Gasteiger partial charge in [-0.25, -0.2) is 0 Å². The van der Waals surface area contributed by atoms with Crippen LogP contribution in [-0.2, 0) is 22.4 Å². The van der Waals surface area contributed by atoms with Gasteiger partial charge in [-0.15, -0.1) is 0 Å². The Kier molecular flexibility index (Phi) is 11.2. The van der Waals surface area contributed by atoms with Crippen LogP contribution in [0.1, 0.15) is 111 Å². The quantitative estimate of drug-likeness (QED) is 0.127. The Balaban J connectivity index is 1.09. The summed E-state index contributed by atoms with van der Waals surface area (Å²) < 4.78 is 5.46. The molecule has 0 bridgehead atoms. The number of piperidine rings is 1. The highest BCUT2D eigenvalue weighted by molar-refractivity contribution is 5.88. The third kappa shape index (κ3) is 7.88. The molecule has 3 aromatic carbocycles. The van der Waals surface area contributed by atoms with Gasteiger partial charge in [0, 0.05) is 31.2 Å². The number of rotatable bonds is 8. The van der Waals surface area contributed by atoms with E-state index in [-0.39, 0.29) is 35.5 Å². The lowest BCUT2D eigenvalue weighted by atomic mass is 9.74. The van der Waals surface area contributed by atoms with E-state index < -0.39 is 18.1 Å². The van der Waals surface area contributed by atoms with Gasteiger partial charge in [0.1, 0.15) is 17.5 Å². The van der Waals surface area contributed by atoms with Crippen molar-refractivity contribution in [3.8, 4) is 29.1 Å². The largest absolute Gasteiger partial charge is 0.508 e. The number of phenols is 2. The van der Waals surface area contributed by atoms with E-state index in [1.165, 1.54) is 7.11 Å². The summed E-state index contributed by atoms with van der Waals surface area (Å²) in [7, 11) is 1.51. The summed E-state index contributed by atoms with van der Waals surface area (Å²) in [4.78, 5) is 25.6. The highest BCUT2D eigenvalue weighted by atomic mass is 16.5. The lowest BCUT2D eigenvalue weighted by Gasteiger charge is -2.39. The summed E-state index contributed by atoms with van der Waals surface area (Å²) in [5, 5.41) is 49.8. The third-order valence-electron chi connectivity index (χ3n) is 12.5. The molecule has 1 saturated heterocycles. The summed E-state index contributed by atoms with van der Waals surface area (Å²) in [6.07, 6.45) is 8.80. The predicted molar refractivity (Wildman–Crippen MR) is 200 cm³/mol. The molecule has 52 heavy (non-hydrogen) atoms. The Morgan fingerprint density at radius 1 is 0.923 bits per heavy atom. The van der Waals surface area contributed by atoms with Crippen LogP contribution in [0.25, 0.3) is 10.8 Å². The predicted octanol–water partition coefficient (Wildman–Crippen LogP) is 6.82. The number of carbonyl (C=O) groups excluding carboxylic acids is 2. The van der Waals surface area contributed by atoms with Crippen LogP contribution in [0.3, 0.4) is 0 Å². The van der Waals surface area contributed by atoms with Crippen LogP contribution in [-0.4, -0.2) is 57.8 Å². The Labute approximate surface area is 307 Å². The SMILES string of the molecule is COc1cc2c(cc1O)C(C1CCCc3c(ccc4cc(O)ccc34)C(O)C1)C#CC(C(O)CCCCC1CNC3CC(=O)CCC3C1)C(=O)CC2. The number of benzene rings is 3. The van der Waals surface area contributed by atoms with Gasteiger partial charge in [0.15, 0.2) is 17.3 Å². The molecule has 0 amide bonds. The first-order valence-electron chi connectivity index (χ1n) is 19.5. The third-order valence-corrected chi connectivity index (χ3v) is 12.5. The number of fused-ring (bicyclic) bond motifs is 5. The zero-order chi connectivity index (χ0) is 36.4. The fourth-order valence-corrected chi connectivity index (χ4v) is 9.68. The van der Waals surface area contributed by atoms with E-state index in [4.69, 9.17) is 4.74 Å². The van der Waals surface area contributed by atoms with Crippen LogP contribution in [0, 0.1) is 35.5 Å². The molecule has 4 aliphatic rings. The average Bonchev–Trinajstić information content (AvgIpc) is 3.19. The van der Waals surface area contributed by atoms with Crippen molar-refractivity contribution in [1.29, 1.82) is 0 Å². The second-order valence-electron chi connectivity index (χ2n) is 15.9. The second kappa shape index (κ2) is 16.0. The Morgan fingerprint density at radius 2 is 1.79 bits per heavy atom. The highest BCUT2D eigenvalue weighted by Gasteiger charge is 2.35. The average molecular weight is 708 g/mol. The first kappa shape index (κ1) is 36.5. The van der Waals surface area contributed by atoms with Crippen molar-refractivity contribution in [2.75, 3.05) is 13.7 Å². The number of unbranched alkanes of at least 4 members (excludes halogenated alkanes) is 1. The number of aryl methyl sites for hydroxylation is 2. The molecule has 3 aromatic rings. The summed E-state index contributed by atoms with van der Waals surface area (Å²) in [5.41, 5.74) is 3.74. The number of carbonyl (C=O) groups is 2. The van der Waals surface area contributed by atoms with Gasteiger partial charge >= 0.3 is 0 Å². The Morgan fingerprint density at radius 3 is 2.63 bits per heavy atom. The molecule has 3 aliphatic carbocycles. The van der Waals surface area contributed by atoms with Crippen LogP contribution in [0.2, 0.25) is 0 Å². The molecule has 2 fully saturated rings. The first-order valence-corrected chi connectivity index (χ1v) is 19.5. The molecule has 8 unspecified atom stereocenters. The van der Waals surface area contributed by atoms with Gasteiger partial charge in [0.2, 0.25) is 0 Å². The van der Waals surface area contributed by atoms with Crippen molar-refractivity contribution >= 4 is 22.3 Å². The van der Waals surface area contributed by atoms with Crippen LogP contribution in [0.15, 0.2) is 42.5 Å². The summed E-state index contributed by atoms with van der Waals surface area (Å²) in [5.74, 6) is 7.54. The van der Waals surface area contributed by atoms with Gasteiger partial charge in [0.25, 0.3) is 0 Å². The number of phenolic OH excluding ortho intramolecular Hbond substituents is 2. The minimum absolute atomic E-state index is 0.0160. The second-order valence-corrected chi connectivity index (χ2v) is 15.9. The van der Waals surface area contributed by atoms with E-state index in [0.717, 1.165) is 90.9 Å². The molecule has 1 heterocycles. The van der Waals surface area contributed by atoms with Crippen molar-refractivity contribution in [2.45, 2.75) is 114 Å². The molecule has 8 atom stereocenters. The molecule has 8 heteroatoms. The molecule has 7 rings (SSSR count). The molecule has 276 valence electrons. The normalized spacial score (nSPS) is 28.4. The van der Waals surface area contributed by atoms with Gasteiger partial charge in [-0.2, -0.15) is 0 Å². The lowest BCUT2D eigenvalue weighted by Crippen LogP contribution is -2.48. The molecular weight excluding hydrogens is 654 g/mol. The number of aliphatic hydroxyl groups is 2. The summed E-state index contributed by atoms with van der Waals surface area (Å²) in [6, 6.07) is 13.2. The van der Waals surface area contributed by atoms with Gasteiger partial charge in [-0.05, 0) is 139 Å². The highest BCUT2D eigenvalue weighted by Crippen LogP contribution is 2.44. The number of aromatic hydroxyl groups is 2. The van der Waals surface area contributed by atoms with Gasteiger partial charge in [-0.3, -0.25) is 9.59 Å². The standard InChI is InChI=1S/C44H53NO7/c1-52-44-22-29-11-18-41(49)37(40(48)8-3-2-5-26-19-30-9-12-32(47)23-39(30)45-25-26)17-16-34(38(29)24-43(44)51)27-6-4-7-35-33-15-13-31(46)20-28(33)10-14-36(35)42(50)21-27/h10,13-15,20,22,24,26-27,30,34,37,39-40,42,45-46,48,50-51H,2-9,11-12,18-19,21,23,25H2,1H3. The summed E-state index contributed by atoms with van der Waals surface area (Å²) >= 11 is 0. The van der Waals surface area contributed by atoms with Crippen molar-refractivity contribution in [2.24, 2.45) is 23.7 Å². The van der Waals surface area contributed by atoms with Crippen molar-refractivity contribution in [3.05, 3.63) is 64.7 Å². The zero-order valence-electron chi connectivity index (χ0n) is 30.3. The molecule has 8 nitrogen and oxygen atoms in total. The minimum Gasteiger partial charge on any atom is -0.508 e. The van der Waals surface area contributed by atoms with E-state index in [2.05, 4.69) is 17.2 Å². The molecule has 5 N–H and O–H groups in total. The minimum atomic E-state index is -0.870. The molecule has 0 aromatic heterocycles. The number of hydrogen-bond donors (Lipinski definition) is 5. The number of ether oxygens (including phenoxy) is 1. The summed E-state index contributed by atoms with van der Waals surface area (Å²) in [6.45, 7) is 0.939. The maximum atomic E-state index is 13.7. The van der Waals surface area contributed by atoms with Crippen molar-refractivity contribution in [3.63, 3.8) is 0 Å². The van der Waals surface area contributed by atoms with E-state index in [1.807, 2.05) is 24.3 Å². The number of ketones is 2. The van der Waals surface area contributed by atoms with Crippen LogP contribution in [0.5, 0.6) is 17.2 Å². The number of aliphatic hydroxyl groups excluding tert-OH is 2. The molecule has 1 saturated carbocycles. The van der Waals surface area contributed by atoms with Gasteiger partial charge in [0.05, 0.1) is 19.3 Å². The van der Waals surface area contributed by atoms with E-state index in [0.29, 0.717) is 61.5 Å². The van der Waals surface area contributed by atoms with Gasteiger partial charge in [-0.1, -0.05) is 42.9 Å². The lowest BCUT2D eigenvalue weighted by molar-refractivity contribution is -0.124. The number of nitrogens with one attached hydrogen (secondary N) is 1. The smallest absolute Gasteiger partial charge is 0.160 e. The van der Waals surface area contributed by atoms with E-state index in [1.54, 1.807) is 18.2 Å². The van der Waals surface area contributed by atoms with Crippen molar-refractivity contribution < 1.29 is 34.8 Å². The fraction of sp³-hybridized carbons (Fsp3) is 0.545. The van der Waals surface area contributed by atoms with Crippen molar-refractivity contribution in [1.82, 2.24) is 5.32 Å². The maximum absolute atomic E-state index is 13.7. The molecule has 1 aliphatic heterocycles. The zero-order valence-corrected chi connectivity index (χ0v) is 30.3. The molecule has 0 spiro atoms. The molecular formula is C44H53NO7. The van der Waals surface area contributed by atoms with E-state index >= 15 is 0 Å². The first-order chi connectivity index (χ1) is 25.2. The number of hydrogen-bond acceptors (Lipinski definition) is 8. The van der Waals surface area contributed by atoms with Crippen LogP contribution in [0.4, 0.5) is 0 Å².